The van der Waals surface area contributed by atoms with Gasteiger partial charge in [-0.05, 0) is 55.1 Å². The van der Waals surface area contributed by atoms with Crippen molar-refractivity contribution in [1.82, 2.24) is 5.32 Å². The van der Waals surface area contributed by atoms with Gasteiger partial charge in [0.2, 0.25) is 0 Å². The van der Waals surface area contributed by atoms with Crippen molar-refractivity contribution in [3.8, 4) is 17.6 Å². The second-order valence-corrected chi connectivity index (χ2v) is 8.19. The van der Waals surface area contributed by atoms with Crippen molar-refractivity contribution < 1.29 is 14.3 Å². The minimum Gasteiger partial charge on any atom is -0.497 e. The zero-order valence-corrected chi connectivity index (χ0v) is 17.6. The number of rotatable bonds is 4. The van der Waals surface area contributed by atoms with Crippen molar-refractivity contribution in [3.63, 3.8) is 0 Å². The van der Waals surface area contributed by atoms with Crippen LogP contribution in [0, 0.1) is 17.2 Å². The number of ether oxygens (including phenoxy) is 2. The number of fused-ring (bicyclic) bond motifs is 1. The number of amides is 1. The molecule has 0 fully saturated rings. The molecule has 2 N–H and O–H groups in total. The Bertz CT molecular complexity index is 940. The molecule has 146 valence electrons. The van der Waals surface area contributed by atoms with E-state index >= 15 is 0 Å². The van der Waals surface area contributed by atoms with Gasteiger partial charge in [0, 0.05) is 16.5 Å². The van der Waals surface area contributed by atoms with E-state index in [9.17, 15) is 10.1 Å². The van der Waals surface area contributed by atoms with E-state index in [-0.39, 0.29) is 11.0 Å². The molecule has 1 aliphatic rings. The summed E-state index contributed by atoms with van der Waals surface area (Å²) in [6, 6.07) is 7.17. The van der Waals surface area contributed by atoms with E-state index in [2.05, 4.69) is 23.6 Å². The maximum absolute atomic E-state index is 12.6. The summed E-state index contributed by atoms with van der Waals surface area (Å²) in [7, 11) is 3.04. The Labute approximate surface area is 173 Å². The Kier molecular flexibility index (Phi) is 6.17. The molecule has 1 atom stereocenters. The Morgan fingerprint density at radius 1 is 1.29 bits per heavy atom. The average molecular weight is 416 g/mol. The number of nitriles is 1. The lowest BCUT2D eigenvalue weighted by Crippen LogP contribution is -2.34. The maximum atomic E-state index is 12.6. The Morgan fingerprint density at radius 2 is 1.96 bits per heavy atom. The summed E-state index contributed by atoms with van der Waals surface area (Å²) in [5.41, 5.74) is 2.10. The number of nitrogens with zero attached hydrogens (tertiary/aromatic N) is 1. The van der Waals surface area contributed by atoms with Crippen LogP contribution in [0.15, 0.2) is 18.2 Å². The van der Waals surface area contributed by atoms with E-state index in [0.29, 0.717) is 33.5 Å². The van der Waals surface area contributed by atoms with Gasteiger partial charge >= 0.3 is 0 Å². The average Bonchev–Trinajstić information content (AvgIpc) is 3.02. The van der Waals surface area contributed by atoms with Gasteiger partial charge in [-0.15, -0.1) is 11.3 Å². The third-order valence-corrected chi connectivity index (χ3v) is 6.07. The molecule has 0 bridgehead atoms. The van der Waals surface area contributed by atoms with Crippen molar-refractivity contribution >= 4 is 39.6 Å². The van der Waals surface area contributed by atoms with E-state index in [1.165, 1.54) is 19.1 Å². The van der Waals surface area contributed by atoms with Crippen LogP contribution in [-0.4, -0.2) is 25.2 Å². The van der Waals surface area contributed by atoms with Crippen LogP contribution < -0.4 is 20.1 Å². The fourth-order valence-corrected chi connectivity index (χ4v) is 4.83. The lowest BCUT2D eigenvalue weighted by atomic mass is 9.89. The number of hydrogen-bond acceptors (Lipinski definition) is 6. The predicted molar refractivity (Wildman–Crippen MR) is 113 cm³/mol. The van der Waals surface area contributed by atoms with Gasteiger partial charge in [-0.25, -0.2) is 0 Å². The minimum atomic E-state index is -0.386. The SMILES string of the molecule is COc1cc(OC)cc(C(=O)NC(=S)Nc2sc3c(c2C#N)CC[C@H](C)C3)c1. The van der Waals surface area contributed by atoms with Gasteiger partial charge in [0.05, 0.1) is 19.8 Å². The molecule has 8 heteroatoms. The summed E-state index contributed by atoms with van der Waals surface area (Å²) in [6.07, 6.45) is 2.95. The van der Waals surface area contributed by atoms with Gasteiger partial charge in [-0.2, -0.15) is 5.26 Å². The molecule has 0 aliphatic heterocycles. The van der Waals surface area contributed by atoms with Crippen LogP contribution in [0.25, 0.3) is 0 Å². The predicted octanol–water partition coefficient (Wildman–Crippen LogP) is 3.89. The van der Waals surface area contributed by atoms with Crippen molar-refractivity contribution in [2.75, 3.05) is 19.5 Å². The first-order valence-electron chi connectivity index (χ1n) is 8.85. The van der Waals surface area contributed by atoms with Gasteiger partial charge in [-0.1, -0.05) is 6.92 Å². The van der Waals surface area contributed by atoms with Gasteiger partial charge < -0.3 is 14.8 Å². The monoisotopic (exact) mass is 415 g/mol. The second-order valence-electron chi connectivity index (χ2n) is 6.68. The standard InChI is InChI=1S/C20H21N3O3S2/c1-11-4-5-15-16(10-21)19(28-17(15)6-11)23-20(27)22-18(24)12-7-13(25-2)9-14(8-12)26-3/h7-9,11H,4-6H2,1-3H3,(H2,22,23,24,27)/t11-/m0/s1. The number of thiocarbonyl (C=S) groups is 1. The first kappa shape index (κ1) is 20.1. The molecule has 0 saturated carbocycles. The van der Waals surface area contributed by atoms with Crippen LogP contribution in [0.5, 0.6) is 11.5 Å². The molecule has 0 spiro atoms. The molecule has 28 heavy (non-hydrogen) atoms. The topological polar surface area (TPSA) is 83.4 Å². The van der Waals surface area contributed by atoms with Crippen LogP contribution in [0.1, 0.15) is 39.7 Å². The van der Waals surface area contributed by atoms with Crippen LogP contribution in [0.3, 0.4) is 0 Å². The molecule has 3 rings (SSSR count). The molecule has 0 unspecified atom stereocenters. The van der Waals surface area contributed by atoms with E-state index in [0.717, 1.165) is 24.8 Å². The molecular weight excluding hydrogens is 394 g/mol. The summed E-state index contributed by atoms with van der Waals surface area (Å²) < 4.78 is 10.4. The molecule has 1 aliphatic carbocycles. The normalized spacial score (nSPS) is 15.1. The number of nitrogens with one attached hydrogen (secondary N) is 2. The van der Waals surface area contributed by atoms with Gasteiger partial charge in [-0.3, -0.25) is 10.1 Å². The second kappa shape index (κ2) is 8.59. The summed E-state index contributed by atoms with van der Waals surface area (Å²) in [6.45, 7) is 2.22. The Hall–Kier alpha value is -2.63. The maximum Gasteiger partial charge on any atom is 0.257 e. The van der Waals surface area contributed by atoms with E-state index in [1.54, 1.807) is 29.5 Å². The van der Waals surface area contributed by atoms with E-state index in [1.807, 2.05) is 0 Å². The number of anilines is 1. The smallest absolute Gasteiger partial charge is 0.257 e. The highest BCUT2D eigenvalue weighted by Crippen LogP contribution is 2.39. The molecule has 1 aromatic heterocycles. The summed E-state index contributed by atoms with van der Waals surface area (Å²) in [4.78, 5) is 13.8. The van der Waals surface area contributed by atoms with Crippen molar-refractivity contribution in [2.24, 2.45) is 5.92 Å². The van der Waals surface area contributed by atoms with Crippen LogP contribution in [-0.2, 0) is 12.8 Å². The first-order valence-corrected chi connectivity index (χ1v) is 10.1. The summed E-state index contributed by atoms with van der Waals surface area (Å²) >= 11 is 6.84. The van der Waals surface area contributed by atoms with E-state index < -0.39 is 0 Å². The quantitative estimate of drug-likeness (QED) is 0.737. The molecule has 2 aromatic rings. The zero-order chi connectivity index (χ0) is 20.3. The Morgan fingerprint density at radius 3 is 2.57 bits per heavy atom. The molecule has 6 nitrogen and oxygen atoms in total. The number of hydrogen-bond donors (Lipinski definition) is 2. The number of carbonyl (C=O) groups excluding carboxylic acids is 1. The fraction of sp³-hybridized carbons (Fsp3) is 0.350. The summed E-state index contributed by atoms with van der Waals surface area (Å²) in [5.74, 6) is 1.24. The van der Waals surface area contributed by atoms with Crippen LogP contribution in [0.4, 0.5) is 5.00 Å². The minimum absolute atomic E-state index is 0.148. The fourth-order valence-electron chi connectivity index (χ4n) is 3.21. The Balaban J connectivity index is 1.75. The molecule has 0 saturated heterocycles. The molecular formula is C20H21N3O3S2. The lowest BCUT2D eigenvalue weighted by Gasteiger charge is -2.17. The van der Waals surface area contributed by atoms with Crippen LogP contribution >= 0.6 is 23.6 Å². The number of carbonyl (C=O) groups is 1. The largest absolute Gasteiger partial charge is 0.497 e. The molecule has 1 amide bonds. The van der Waals surface area contributed by atoms with E-state index in [4.69, 9.17) is 21.7 Å². The summed E-state index contributed by atoms with van der Waals surface area (Å²) in [5, 5.41) is 16.1. The van der Waals surface area contributed by atoms with Gasteiger partial charge in [0.25, 0.3) is 5.91 Å². The van der Waals surface area contributed by atoms with Crippen LogP contribution in [0.2, 0.25) is 0 Å². The highest BCUT2D eigenvalue weighted by Gasteiger charge is 2.24. The number of thiophene rings is 1. The van der Waals surface area contributed by atoms with Gasteiger partial charge in [0.15, 0.2) is 5.11 Å². The number of benzene rings is 1. The van der Waals surface area contributed by atoms with Crippen molar-refractivity contribution in [1.29, 1.82) is 5.26 Å². The molecule has 1 heterocycles. The molecule has 1 aromatic carbocycles. The zero-order valence-electron chi connectivity index (χ0n) is 15.9. The van der Waals surface area contributed by atoms with Crippen molar-refractivity contribution in [2.45, 2.75) is 26.2 Å². The number of methoxy groups -OCH3 is 2. The third-order valence-electron chi connectivity index (χ3n) is 4.69. The van der Waals surface area contributed by atoms with Crippen molar-refractivity contribution in [3.05, 3.63) is 39.8 Å². The molecule has 0 radical (unpaired) electrons. The third kappa shape index (κ3) is 4.26. The highest BCUT2D eigenvalue weighted by molar-refractivity contribution is 7.80. The first-order chi connectivity index (χ1) is 13.4. The lowest BCUT2D eigenvalue weighted by molar-refractivity contribution is 0.0977. The highest BCUT2D eigenvalue weighted by atomic mass is 32.1. The van der Waals surface area contributed by atoms with Gasteiger partial charge in [0.1, 0.15) is 22.6 Å².